The van der Waals surface area contributed by atoms with E-state index in [1.165, 1.54) is 0 Å². The fourth-order valence-corrected chi connectivity index (χ4v) is 3.24. The van der Waals surface area contributed by atoms with Crippen molar-refractivity contribution in [1.29, 1.82) is 5.26 Å². The molecule has 136 valence electrons. The van der Waals surface area contributed by atoms with Crippen molar-refractivity contribution in [3.63, 3.8) is 0 Å². The third-order valence-electron chi connectivity index (χ3n) is 4.62. The van der Waals surface area contributed by atoms with Gasteiger partial charge in [-0.2, -0.15) is 18.4 Å². The molecule has 2 atom stereocenters. The van der Waals surface area contributed by atoms with E-state index in [0.29, 0.717) is 18.0 Å². The minimum Gasteiger partial charge on any atom is -0.489 e. The summed E-state index contributed by atoms with van der Waals surface area (Å²) in [4.78, 5) is 1.68. The van der Waals surface area contributed by atoms with Crippen LogP contribution in [0.2, 0.25) is 0 Å². The topological polar surface area (TPSA) is 36.3 Å². The molecule has 2 aromatic carbocycles. The molecular weight excluding hydrogens is 341 g/mol. The minimum absolute atomic E-state index is 0.0384. The van der Waals surface area contributed by atoms with Crippen molar-refractivity contribution in [1.82, 2.24) is 0 Å². The number of nitriles is 1. The second-order valence-corrected chi connectivity index (χ2v) is 6.41. The highest BCUT2D eigenvalue weighted by Gasteiger charge is 2.47. The van der Waals surface area contributed by atoms with Crippen LogP contribution in [-0.4, -0.2) is 18.8 Å². The Labute approximate surface area is 150 Å². The summed E-state index contributed by atoms with van der Waals surface area (Å²) in [5.74, 6) is -0.740. The van der Waals surface area contributed by atoms with Gasteiger partial charge in [0.1, 0.15) is 12.4 Å². The molecule has 1 heterocycles. The molecule has 0 aromatic heterocycles. The predicted molar refractivity (Wildman–Crippen MR) is 92.7 cm³/mol. The van der Waals surface area contributed by atoms with Crippen molar-refractivity contribution in [2.24, 2.45) is 5.92 Å². The summed E-state index contributed by atoms with van der Waals surface area (Å²) in [6.07, 6.45) is -4.19. The van der Waals surface area contributed by atoms with E-state index in [-0.39, 0.29) is 19.4 Å². The first-order chi connectivity index (χ1) is 12.5. The maximum absolute atomic E-state index is 13.1. The molecule has 26 heavy (non-hydrogen) atoms. The largest absolute Gasteiger partial charge is 0.489 e. The van der Waals surface area contributed by atoms with Crippen LogP contribution in [0, 0.1) is 17.2 Å². The summed E-state index contributed by atoms with van der Waals surface area (Å²) in [7, 11) is 0. The molecular formula is C20H19F3N2O. The molecule has 0 saturated carbocycles. The van der Waals surface area contributed by atoms with Gasteiger partial charge in [-0.25, -0.2) is 0 Å². The Balaban J connectivity index is 1.67. The molecule has 0 unspecified atom stereocenters. The number of anilines is 1. The Morgan fingerprint density at radius 2 is 1.77 bits per heavy atom. The van der Waals surface area contributed by atoms with Gasteiger partial charge in [0.25, 0.3) is 0 Å². The molecule has 0 radical (unpaired) electrons. The SMILES string of the molecule is N#CC[C@@H]1C[C@H](C(F)(F)F)CN1c1ccc(OCc2ccccc2)cc1. The van der Waals surface area contributed by atoms with Gasteiger partial charge in [-0.3, -0.25) is 0 Å². The maximum atomic E-state index is 13.1. The molecule has 0 bridgehead atoms. The van der Waals surface area contributed by atoms with Gasteiger partial charge in [0.15, 0.2) is 0 Å². The number of rotatable bonds is 5. The lowest BCUT2D eigenvalue weighted by molar-refractivity contribution is -0.168. The number of benzene rings is 2. The summed E-state index contributed by atoms with van der Waals surface area (Å²) in [5.41, 5.74) is 1.72. The van der Waals surface area contributed by atoms with Crippen LogP contribution in [0.3, 0.4) is 0 Å². The van der Waals surface area contributed by atoms with Crippen LogP contribution >= 0.6 is 0 Å². The molecule has 2 aromatic rings. The zero-order chi connectivity index (χ0) is 18.6. The second-order valence-electron chi connectivity index (χ2n) is 6.41. The quantitative estimate of drug-likeness (QED) is 0.758. The molecule has 0 spiro atoms. The lowest BCUT2D eigenvalue weighted by atomic mass is 10.0. The third-order valence-corrected chi connectivity index (χ3v) is 4.62. The van der Waals surface area contributed by atoms with Crippen LogP contribution in [0.15, 0.2) is 54.6 Å². The predicted octanol–water partition coefficient (Wildman–Crippen LogP) is 4.94. The van der Waals surface area contributed by atoms with Crippen molar-refractivity contribution >= 4 is 5.69 Å². The molecule has 0 aliphatic carbocycles. The zero-order valence-corrected chi connectivity index (χ0v) is 14.1. The molecule has 0 amide bonds. The molecule has 6 heteroatoms. The van der Waals surface area contributed by atoms with Gasteiger partial charge in [-0.15, -0.1) is 0 Å². The van der Waals surface area contributed by atoms with Crippen molar-refractivity contribution in [3.05, 3.63) is 60.2 Å². The van der Waals surface area contributed by atoms with E-state index < -0.39 is 18.1 Å². The first-order valence-corrected chi connectivity index (χ1v) is 8.44. The van der Waals surface area contributed by atoms with Crippen LogP contribution in [-0.2, 0) is 6.61 Å². The Kier molecular flexibility index (Phi) is 5.36. The van der Waals surface area contributed by atoms with Crippen LogP contribution in [0.4, 0.5) is 18.9 Å². The summed E-state index contributed by atoms with van der Waals surface area (Å²) >= 11 is 0. The molecule has 1 aliphatic heterocycles. The molecule has 1 aliphatic rings. The van der Waals surface area contributed by atoms with E-state index >= 15 is 0 Å². The van der Waals surface area contributed by atoms with E-state index in [1.807, 2.05) is 36.4 Å². The number of hydrogen-bond donors (Lipinski definition) is 0. The van der Waals surface area contributed by atoms with Gasteiger partial charge in [-0.1, -0.05) is 30.3 Å². The van der Waals surface area contributed by atoms with Gasteiger partial charge >= 0.3 is 6.18 Å². The average molecular weight is 360 g/mol. The highest BCUT2D eigenvalue weighted by Crippen LogP contribution is 2.39. The van der Waals surface area contributed by atoms with Crippen molar-refractivity contribution in [2.75, 3.05) is 11.4 Å². The van der Waals surface area contributed by atoms with Crippen molar-refractivity contribution < 1.29 is 17.9 Å². The van der Waals surface area contributed by atoms with Crippen LogP contribution in [0.25, 0.3) is 0 Å². The van der Waals surface area contributed by atoms with Gasteiger partial charge in [-0.05, 0) is 36.2 Å². The second kappa shape index (κ2) is 7.69. The summed E-state index contributed by atoms with van der Waals surface area (Å²) in [6.45, 7) is 0.317. The van der Waals surface area contributed by atoms with E-state index in [0.717, 1.165) is 5.56 Å². The van der Waals surface area contributed by atoms with Crippen LogP contribution < -0.4 is 9.64 Å². The monoisotopic (exact) mass is 360 g/mol. The van der Waals surface area contributed by atoms with Gasteiger partial charge in [0, 0.05) is 18.3 Å². The first kappa shape index (κ1) is 18.1. The number of nitrogens with zero attached hydrogens (tertiary/aromatic N) is 2. The van der Waals surface area contributed by atoms with Crippen molar-refractivity contribution in [3.8, 4) is 11.8 Å². The maximum Gasteiger partial charge on any atom is 0.393 e. The van der Waals surface area contributed by atoms with Crippen LogP contribution in [0.5, 0.6) is 5.75 Å². The van der Waals surface area contributed by atoms with E-state index in [2.05, 4.69) is 0 Å². The summed E-state index contributed by atoms with van der Waals surface area (Å²) in [6, 6.07) is 18.3. The highest BCUT2D eigenvalue weighted by atomic mass is 19.4. The molecule has 1 saturated heterocycles. The zero-order valence-electron chi connectivity index (χ0n) is 14.1. The molecule has 1 fully saturated rings. The molecule has 3 rings (SSSR count). The van der Waals surface area contributed by atoms with Crippen LogP contribution in [0.1, 0.15) is 18.4 Å². The number of halogens is 3. The first-order valence-electron chi connectivity index (χ1n) is 8.44. The van der Waals surface area contributed by atoms with Gasteiger partial charge in [0.05, 0.1) is 18.4 Å². The fraction of sp³-hybridized carbons (Fsp3) is 0.350. The van der Waals surface area contributed by atoms with E-state index in [9.17, 15) is 13.2 Å². The van der Waals surface area contributed by atoms with Gasteiger partial charge in [0.2, 0.25) is 0 Å². The Morgan fingerprint density at radius 1 is 1.08 bits per heavy atom. The number of alkyl halides is 3. The number of hydrogen-bond acceptors (Lipinski definition) is 3. The lowest BCUT2D eigenvalue weighted by Gasteiger charge is -2.25. The standard InChI is InChI=1S/C20H19F3N2O/c21-20(22,23)16-12-18(10-11-24)25(13-16)17-6-8-19(9-7-17)26-14-15-4-2-1-3-5-15/h1-9,16,18H,10,12-14H2/t16-,18+/m0/s1. The Hall–Kier alpha value is -2.68. The average Bonchev–Trinajstić information content (AvgIpc) is 3.06. The normalized spacial score (nSPS) is 20.0. The highest BCUT2D eigenvalue weighted by molar-refractivity contribution is 5.51. The van der Waals surface area contributed by atoms with E-state index in [1.54, 1.807) is 29.2 Å². The summed E-state index contributed by atoms with van der Waals surface area (Å²) in [5, 5.41) is 8.92. The number of ether oxygens (including phenoxy) is 1. The minimum atomic E-state index is -4.23. The summed E-state index contributed by atoms with van der Waals surface area (Å²) < 4.78 is 44.9. The van der Waals surface area contributed by atoms with Gasteiger partial charge < -0.3 is 9.64 Å². The molecule has 3 nitrogen and oxygen atoms in total. The smallest absolute Gasteiger partial charge is 0.393 e. The molecule has 0 N–H and O–H groups in total. The fourth-order valence-electron chi connectivity index (χ4n) is 3.24. The van der Waals surface area contributed by atoms with E-state index in [4.69, 9.17) is 10.00 Å². The Morgan fingerprint density at radius 3 is 2.38 bits per heavy atom. The third kappa shape index (κ3) is 4.29. The Bertz CT molecular complexity index is 753. The van der Waals surface area contributed by atoms with Crippen molar-refractivity contribution in [2.45, 2.75) is 31.7 Å². The lowest BCUT2D eigenvalue weighted by Crippen LogP contribution is -2.30.